The quantitative estimate of drug-likeness (QED) is 0.380. The SMILES string of the molecule is CCCCCCCc1ccc(O[C@@H]2CN[C@H](COP(=O)(O)O)C2)cc1Cl. The van der Waals surface area contributed by atoms with E-state index >= 15 is 0 Å². The highest BCUT2D eigenvalue weighted by Gasteiger charge is 2.28. The average molecular weight is 406 g/mol. The van der Waals surface area contributed by atoms with E-state index in [0.29, 0.717) is 18.7 Å². The summed E-state index contributed by atoms with van der Waals surface area (Å²) in [5, 5.41) is 3.87. The Labute approximate surface area is 160 Å². The topological polar surface area (TPSA) is 88.0 Å². The van der Waals surface area contributed by atoms with Gasteiger partial charge in [0.25, 0.3) is 0 Å². The van der Waals surface area contributed by atoms with Crippen molar-refractivity contribution in [2.24, 2.45) is 0 Å². The van der Waals surface area contributed by atoms with Crippen LogP contribution in [0.2, 0.25) is 5.02 Å². The van der Waals surface area contributed by atoms with Crippen LogP contribution in [-0.4, -0.2) is 35.1 Å². The molecule has 1 heterocycles. The van der Waals surface area contributed by atoms with Crippen molar-refractivity contribution in [3.63, 3.8) is 0 Å². The lowest BCUT2D eigenvalue weighted by Gasteiger charge is -2.15. The molecule has 3 N–H and O–H groups in total. The third-order valence-corrected chi connectivity index (χ3v) is 5.34. The van der Waals surface area contributed by atoms with Gasteiger partial charge in [0.1, 0.15) is 11.9 Å². The lowest BCUT2D eigenvalue weighted by atomic mass is 10.1. The molecule has 26 heavy (non-hydrogen) atoms. The van der Waals surface area contributed by atoms with Crippen molar-refractivity contribution >= 4 is 19.4 Å². The van der Waals surface area contributed by atoms with Gasteiger partial charge in [0.05, 0.1) is 6.61 Å². The fourth-order valence-corrected chi connectivity index (χ4v) is 3.74. The van der Waals surface area contributed by atoms with Crippen molar-refractivity contribution in [3.05, 3.63) is 28.8 Å². The zero-order valence-corrected chi connectivity index (χ0v) is 16.8. The van der Waals surface area contributed by atoms with Gasteiger partial charge in [0, 0.05) is 24.0 Å². The Morgan fingerprint density at radius 3 is 2.73 bits per heavy atom. The number of aryl methyl sites for hydroxylation is 1. The number of ether oxygens (including phenoxy) is 1. The van der Waals surface area contributed by atoms with Crippen LogP contribution in [0.4, 0.5) is 0 Å². The number of phosphoric acid groups is 1. The third kappa shape index (κ3) is 7.95. The molecular formula is C18H29ClNO5P. The van der Waals surface area contributed by atoms with E-state index in [9.17, 15) is 4.57 Å². The molecule has 1 saturated heterocycles. The number of nitrogens with one attached hydrogen (secondary N) is 1. The molecule has 0 aromatic heterocycles. The minimum atomic E-state index is -4.43. The maximum Gasteiger partial charge on any atom is 0.469 e. The second-order valence-corrected chi connectivity index (χ2v) is 8.43. The number of rotatable bonds is 11. The second kappa shape index (κ2) is 10.6. The molecule has 1 aromatic rings. The Balaban J connectivity index is 1.76. The number of phosphoric ester groups is 1. The standard InChI is InChI=1S/C18H29ClNO5P/c1-2-3-4-5-6-7-14-8-9-16(11-18(14)19)25-17-10-15(20-12-17)13-24-26(21,22)23/h8-9,11,15,17,20H,2-7,10,12-13H2,1H3,(H2,21,22,23)/t15-,17-/m0/s1. The summed E-state index contributed by atoms with van der Waals surface area (Å²) in [4.78, 5) is 17.5. The molecular weight excluding hydrogens is 377 g/mol. The fraction of sp³-hybridized carbons (Fsp3) is 0.667. The summed E-state index contributed by atoms with van der Waals surface area (Å²) < 4.78 is 21.2. The molecule has 0 amide bonds. The molecule has 2 atom stereocenters. The number of halogens is 1. The Morgan fingerprint density at radius 1 is 1.27 bits per heavy atom. The molecule has 0 saturated carbocycles. The van der Waals surface area contributed by atoms with Crippen molar-refractivity contribution in [1.82, 2.24) is 5.32 Å². The highest BCUT2D eigenvalue weighted by molar-refractivity contribution is 7.46. The molecule has 0 aliphatic carbocycles. The van der Waals surface area contributed by atoms with E-state index in [2.05, 4.69) is 16.8 Å². The minimum absolute atomic E-state index is 0.0398. The molecule has 1 aromatic carbocycles. The van der Waals surface area contributed by atoms with Gasteiger partial charge >= 0.3 is 7.82 Å². The molecule has 2 rings (SSSR count). The predicted molar refractivity (Wildman–Crippen MR) is 103 cm³/mol. The molecule has 148 valence electrons. The first kappa shape index (κ1) is 21.7. The molecule has 1 fully saturated rings. The summed E-state index contributed by atoms with van der Waals surface area (Å²) in [6.07, 6.45) is 7.72. The van der Waals surface area contributed by atoms with E-state index in [0.717, 1.165) is 23.4 Å². The highest BCUT2D eigenvalue weighted by atomic mass is 35.5. The summed E-state index contributed by atoms with van der Waals surface area (Å²) in [6, 6.07) is 5.68. The predicted octanol–water partition coefficient (Wildman–Crippen LogP) is 4.07. The molecule has 1 aliphatic rings. The van der Waals surface area contributed by atoms with Gasteiger partial charge < -0.3 is 19.8 Å². The summed E-state index contributed by atoms with van der Waals surface area (Å²) in [5.74, 6) is 0.716. The van der Waals surface area contributed by atoms with Gasteiger partial charge in [-0.1, -0.05) is 50.3 Å². The molecule has 0 radical (unpaired) electrons. The van der Waals surface area contributed by atoms with Gasteiger partial charge in [-0.15, -0.1) is 0 Å². The van der Waals surface area contributed by atoms with Gasteiger partial charge in [-0.3, -0.25) is 4.52 Å². The normalized spacial score (nSPS) is 20.5. The molecule has 0 spiro atoms. The largest absolute Gasteiger partial charge is 0.489 e. The van der Waals surface area contributed by atoms with Gasteiger partial charge in [-0.05, 0) is 30.5 Å². The lowest BCUT2D eigenvalue weighted by Crippen LogP contribution is -2.26. The van der Waals surface area contributed by atoms with Crippen LogP contribution in [0.3, 0.4) is 0 Å². The van der Waals surface area contributed by atoms with Crippen LogP contribution < -0.4 is 10.1 Å². The first-order valence-corrected chi connectivity index (χ1v) is 11.2. The van der Waals surface area contributed by atoms with Crippen LogP contribution in [0.1, 0.15) is 51.0 Å². The minimum Gasteiger partial charge on any atom is -0.489 e. The summed E-state index contributed by atoms with van der Waals surface area (Å²) >= 11 is 6.38. The van der Waals surface area contributed by atoms with Crippen molar-refractivity contribution < 1.29 is 23.6 Å². The van der Waals surface area contributed by atoms with Crippen molar-refractivity contribution in [2.45, 2.75) is 64.0 Å². The average Bonchev–Trinajstić information content (AvgIpc) is 3.01. The second-order valence-electron chi connectivity index (χ2n) is 6.78. The van der Waals surface area contributed by atoms with E-state index in [1.54, 1.807) is 0 Å². The van der Waals surface area contributed by atoms with Crippen LogP contribution in [0, 0.1) is 0 Å². The van der Waals surface area contributed by atoms with Crippen molar-refractivity contribution in [3.8, 4) is 5.75 Å². The summed E-state index contributed by atoms with van der Waals surface area (Å²) in [6.45, 7) is 2.77. The number of hydrogen-bond acceptors (Lipinski definition) is 4. The maximum absolute atomic E-state index is 10.8. The monoisotopic (exact) mass is 405 g/mol. The van der Waals surface area contributed by atoms with Crippen LogP contribution in [0.5, 0.6) is 5.75 Å². The van der Waals surface area contributed by atoms with Crippen LogP contribution in [-0.2, 0) is 15.5 Å². The Morgan fingerprint density at radius 2 is 2.04 bits per heavy atom. The Hall–Kier alpha value is -0.620. The number of unbranched alkanes of at least 4 members (excludes halogenated alkanes) is 4. The van der Waals surface area contributed by atoms with Crippen LogP contribution in [0.25, 0.3) is 0 Å². The van der Waals surface area contributed by atoms with Gasteiger partial charge in [0.15, 0.2) is 0 Å². The zero-order valence-electron chi connectivity index (χ0n) is 15.2. The van der Waals surface area contributed by atoms with E-state index in [1.165, 1.54) is 25.7 Å². The molecule has 8 heteroatoms. The summed E-state index contributed by atoms with van der Waals surface area (Å²) in [7, 11) is -4.43. The highest BCUT2D eigenvalue weighted by Crippen LogP contribution is 2.36. The van der Waals surface area contributed by atoms with E-state index < -0.39 is 7.82 Å². The molecule has 0 bridgehead atoms. The number of hydrogen-bond donors (Lipinski definition) is 3. The van der Waals surface area contributed by atoms with Crippen LogP contribution in [0.15, 0.2) is 18.2 Å². The Kier molecular flexibility index (Phi) is 8.88. The first-order valence-electron chi connectivity index (χ1n) is 9.26. The summed E-state index contributed by atoms with van der Waals surface area (Å²) in [5.41, 5.74) is 1.15. The van der Waals surface area contributed by atoms with E-state index in [1.807, 2.05) is 18.2 Å². The van der Waals surface area contributed by atoms with E-state index in [4.69, 9.17) is 26.1 Å². The molecule has 0 unspecified atom stereocenters. The molecule has 6 nitrogen and oxygen atoms in total. The van der Waals surface area contributed by atoms with Gasteiger partial charge in [0.2, 0.25) is 0 Å². The Bertz CT molecular complexity index is 609. The zero-order chi connectivity index (χ0) is 19.0. The molecule has 1 aliphatic heterocycles. The van der Waals surface area contributed by atoms with Crippen molar-refractivity contribution in [2.75, 3.05) is 13.2 Å². The van der Waals surface area contributed by atoms with E-state index in [-0.39, 0.29) is 18.8 Å². The third-order valence-electron chi connectivity index (χ3n) is 4.50. The van der Waals surface area contributed by atoms with Gasteiger partial charge in [-0.2, -0.15) is 0 Å². The van der Waals surface area contributed by atoms with Crippen molar-refractivity contribution in [1.29, 1.82) is 0 Å². The number of benzene rings is 1. The smallest absolute Gasteiger partial charge is 0.469 e. The fourth-order valence-electron chi connectivity index (χ4n) is 3.10. The van der Waals surface area contributed by atoms with Crippen LogP contribution >= 0.6 is 19.4 Å². The maximum atomic E-state index is 10.8. The van der Waals surface area contributed by atoms with Gasteiger partial charge in [-0.25, -0.2) is 4.57 Å². The lowest BCUT2D eigenvalue weighted by molar-refractivity contribution is 0.173. The first-order chi connectivity index (χ1) is 12.4.